The lowest BCUT2D eigenvalue weighted by Gasteiger charge is -2.08. The van der Waals surface area contributed by atoms with Crippen LogP contribution in [-0.4, -0.2) is 0 Å². The molecule has 16 heavy (non-hydrogen) atoms. The predicted molar refractivity (Wildman–Crippen MR) is 57.8 cm³/mol. The Hall–Kier alpha value is -1.06. The summed E-state index contributed by atoms with van der Waals surface area (Å²) in [5.74, 6) is -0.871. The normalized spacial score (nSPS) is 12.8. The Balaban J connectivity index is 2.40. The summed E-state index contributed by atoms with van der Waals surface area (Å²) in [4.78, 5) is 0. The second kappa shape index (κ2) is 4.44. The van der Waals surface area contributed by atoms with E-state index in [-0.39, 0.29) is 16.5 Å². The molecule has 0 spiro atoms. The molecule has 2 aromatic rings. The lowest BCUT2D eigenvalue weighted by molar-refractivity contribution is 0.509. The third-order valence-corrected chi connectivity index (χ3v) is 2.73. The maximum absolute atomic E-state index is 13.4. The van der Waals surface area contributed by atoms with E-state index in [1.165, 1.54) is 12.1 Å². The zero-order valence-corrected chi connectivity index (χ0v) is 9.40. The van der Waals surface area contributed by atoms with Crippen molar-refractivity contribution in [2.45, 2.75) is 5.38 Å². The number of halogens is 4. The van der Waals surface area contributed by atoms with Gasteiger partial charge in [0.15, 0.2) is 5.22 Å². The van der Waals surface area contributed by atoms with E-state index in [0.717, 1.165) is 18.2 Å². The number of hydrogen-bond donors (Lipinski definition) is 0. The van der Waals surface area contributed by atoms with Crippen molar-refractivity contribution in [3.63, 3.8) is 0 Å². The van der Waals surface area contributed by atoms with Crippen molar-refractivity contribution in [2.24, 2.45) is 0 Å². The van der Waals surface area contributed by atoms with Crippen LogP contribution in [0.5, 0.6) is 0 Å². The Morgan fingerprint density at radius 2 is 1.88 bits per heavy atom. The van der Waals surface area contributed by atoms with Crippen LogP contribution in [0.25, 0.3) is 0 Å². The van der Waals surface area contributed by atoms with Gasteiger partial charge in [-0.25, -0.2) is 8.78 Å². The Bertz CT molecular complexity index is 510. The summed E-state index contributed by atoms with van der Waals surface area (Å²) in [6, 6.07) is 6.08. The van der Waals surface area contributed by atoms with Gasteiger partial charge in [0.2, 0.25) is 0 Å². The minimum Gasteiger partial charge on any atom is -0.448 e. The molecule has 0 fully saturated rings. The van der Waals surface area contributed by atoms with E-state index in [9.17, 15) is 8.78 Å². The minimum absolute atomic E-state index is 0.0210. The SMILES string of the molecule is Fc1ccc(F)c(C(Cl)c2ccc(Cl)o2)c1. The van der Waals surface area contributed by atoms with Gasteiger partial charge in [0.25, 0.3) is 0 Å². The Labute approximate surface area is 101 Å². The molecule has 0 N–H and O–H groups in total. The van der Waals surface area contributed by atoms with Crippen molar-refractivity contribution in [1.29, 1.82) is 0 Å². The fourth-order valence-corrected chi connectivity index (χ4v) is 1.76. The topological polar surface area (TPSA) is 13.1 Å². The number of alkyl halides is 1. The summed E-state index contributed by atoms with van der Waals surface area (Å²) >= 11 is 11.5. The molecule has 1 atom stereocenters. The van der Waals surface area contributed by atoms with Gasteiger partial charge < -0.3 is 4.42 Å². The maximum Gasteiger partial charge on any atom is 0.193 e. The zero-order valence-electron chi connectivity index (χ0n) is 7.88. The van der Waals surface area contributed by atoms with E-state index < -0.39 is 17.0 Å². The van der Waals surface area contributed by atoms with Gasteiger partial charge in [0.05, 0.1) is 0 Å². The van der Waals surface area contributed by atoms with Crippen molar-refractivity contribution >= 4 is 23.2 Å². The fourth-order valence-electron chi connectivity index (χ4n) is 1.33. The van der Waals surface area contributed by atoms with Crippen LogP contribution in [0, 0.1) is 11.6 Å². The fraction of sp³-hybridized carbons (Fsp3) is 0.0909. The molecule has 0 radical (unpaired) electrons. The average molecular weight is 263 g/mol. The molecular weight excluding hydrogens is 257 g/mol. The van der Waals surface area contributed by atoms with Crippen LogP contribution in [0.1, 0.15) is 16.7 Å². The van der Waals surface area contributed by atoms with Crippen molar-refractivity contribution in [1.82, 2.24) is 0 Å². The van der Waals surface area contributed by atoms with E-state index in [1.807, 2.05) is 0 Å². The first-order valence-electron chi connectivity index (χ1n) is 4.42. The van der Waals surface area contributed by atoms with Crippen LogP contribution in [0.2, 0.25) is 5.22 Å². The lowest BCUT2D eigenvalue weighted by atomic mass is 10.1. The highest BCUT2D eigenvalue weighted by molar-refractivity contribution is 6.29. The molecule has 1 heterocycles. The number of furan rings is 1. The van der Waals surface area contributed by atoms with Gasteiger partial charge in [-0.1, -0.05) is 0 Å². The molecule has 0 aliphatic rings. The Morgan fingerprint density at radius 3 is 2.50 bits per heavy atom. The highest BCUT2D eigenvalue weighted by Gasteiger charge is 2.19. The average Bonchev–Trinajstić information content (AvgIpc) is 2.67. The van der Waals surface area contributed by atoms with Crippen LogP contribution in [0.3, 0.4) is 0 Å². The van der Waals surface area contributed by atoms with Crippen LogP contribution in [0.4, 0.5) is 8.78 Å². The molecule has 0 aliphatic heterocycles. The number of benzene rings is 1. The predicted octanol–water partition coefficient (Wildman–Crippen LogP) is 4.54. The molecule has 0 bridgehead atoms. The van der Waals surface area contributed by atoms with Crippen LogP contribution in [-0.2, 0) is 0 Å². The van der Waals surface area contributed by atoms with E-state index in [1.54, 1.807) is 0 Å². The van der Waals surface area contributed by atoms with E-state index in [0.29, 0.717) is 0 Å². The smallest absolute Gasteiger partial charge is 0.193 e. The second-order valence-corrected chi connectivity index (χ2v) is 3.98. The summed E-state index contributed by atoms with van der Waals surface area (Å²) in [5, 5.41) is -0.749. The Kier molecular flexibility index (Phi) is 3.17. The molecule has 0 saturated carbocycles. The third kappa shape index (κ3) is 2.20. The summed E-state index contributed by atoms with van der Waals surface area (Å²) in [7, 11) is 0. The molecule has 0 aliphatic carbocycles. The number of hydrogen-bond acceptors (Lipinski definition) is 1. The quantitative estimate of drug-likeness (QED) is 0.725. The summed E-state index contributed by atoms with van der Waals surface area (Å²) in [6.07, 6.45) is 0. The molecule has 0 amide bonds. The minimum atomic E-state index is -0.900. The number of rotatable bonds is 2. The van der Waals surface area contributed by atoms with Crippen LogP contribution in [0.15, 0.2) is 34.7 Å². The monoisotopic (exact) mass is 262 g/mol. The van der Waals surface area contributed by atoms with Gasteiger partial charge in [0, 0.05) is 5.56 Å². The molecule has 84 valence electrons. The van der Waals surface area contributed by atoms with Crippen LogP contribution >= 0.6 is 23.2 Å². The highest BCUT2D eigenvalue weighted by Crippen LogP contribution is 2.33. The van der Waals surface area contributed by atoms with Crippen molar-refractivity contribution in [3.05, 3.63) is 58.5 Å². The van der Waals surface area contributed by atoms with Gasteiger partial charge in [-0.05, 0) is 41.9 Å². The molecule has 0 saturated heterocycles. The van der Waals surface area contributed by atoms with Gasteiger partial charge in [-0.3, -0.25) is 0 Å². The second-order valence-electron chi connectivity index (χ2n) is 3.17. The molecule has 5 heteroatoms. The first-order chi connectivity index (χ1) is 7.58. The summed E-state index contributed by atoms with van der Waals surface area (Å²) in [5.41, 5.74) is 0.0210. The maximum atomic E-state index is 13.4. The standard InChI is InChI=1S/C11H6Cl2F2O/c12-10-4-3-9(16-10)11(13)7-5-6(14)1-2-8(7)15/h1-5,11H. The Morgan fingerprint density at radius 1 is 1.12 bits per heavy atom. The van der Waals surface area contributed by atoms with E-state index in [4.69, 9.17) is 27.6 Å². The summed E-state index contributed by atoms with van der Waals surface area (Å²) in [6.45, 7) is 0. The van der Waals surface area contributed by atoms with Crippen molar-refractivity contribution in [2.75, 3.05) is 0 Å². The summed E-state index contributed by atoms with van der Waals surface area (Å²) < 4.78 is 31.4. The van der Waals surface area contributed by atoms with Crippen molar-refractivity contribution < 1.29 is 13.2 Å². The molecule has 2 rings (SSSR count). The largest absolute Gasteiger partial charge is 0.448 e. The molecule has 1 unspecified atom stereocenters. The van der Waals surface area contributed by atoms with Crippen LogP contribution < -0.4 is 0 Å². The first kappa shape index (κ1) is 11.4. The highest BCUT2D eigenvalue weighted by atomic mass is 35.5. The third-order valence-electron chi connectivity index (χ3n) is 2.07. The van der Waals surface area contributed by atoms with Gasteiger partial charge >= 0.3 is 0 Å². The first-order valence-corrected chi connectivity index (χ1v) is 5.23. The molecule has 1 aromatic carbocycles. The van der Waals surface area contributed by atoms with Gasteiger partial charge in [0.1, 0.15) is 22.8 Å². The van der Waals surface area contributed by atoms with Gasteiger partial charge in [-0.2, -0.15) is 0 Å². The molecule has 1 aromatic heterocycles. The zero-order chi connectivity index (χ0) is 11.7. The van der Waals surface area contributed by atoms with Gasteiger partial charge in [-0.15, -0.1) is 11.6 Å². The lowest BCUT2D eigenvalue weighted by Crippen LogP contribution is -1.96. The molecule has 1 nitrogen and oxygen atoms in total. The molecular formula is C11H6Cl2F2O. The van der Waals surface area contributed by atoms with E-state index in [2.05, 4.69) is 0 Å². The van der Waals surface area contributed by atoms with E-state index >= 15 is 0 Å². The van der Waals surface area contributed by atoms with Crippen molar-refractivity contribution in [3.8, 4) is 0 Å².